The average molecular weight is 358 g/mol. The third-order valence-electron chi connectivity index (χ3n) is 3.08. The highest BCUT2D eigenvalue weighted by molar-refractivity contribution is 9.10. The van der Waals surface area contributed by atoms with Gasteiger partial charge in [-0.05, 0) is 43.5 Å². The molecule has 120 valence electrons. The van der Waals surface area contributed by atoms with Crippen molar-refractivity contribution in [2.45, 2.75) is 47.0 Å². The van der Waals surface area contributed by atoms with Gasteiger partial charge in [-0.25, -0.2) is 0 Å². The Morgan fingerprint density at radius 1 is 1.24 bits per heavy atom. The Kier molecular flexibility index (Phi) is 9.16. The maximum Gasteiger partial charge on any atom is 0.0785 e. The minimum atomic E-state index is 0.115. The first-order chi connectivity index (χ1) is 10.0. The van der Waals surface area contributed by atoms with Crippen LogP contribution in [0, 0.1) is 5.92 Å². The molecule has 0 aliphatic heterocycles. The number of ether oxygens (including phenoxy) is 2. The molecule has 1 aromatic carbocycles. The second kappa shape index (κ2) is 10.3. The molecule has 0 fully saturated rings. The van der Waals surface area contributed by atoms with Crippen molar-refractivity contribution in [3.05, 3.63) is 33.8 Å². The van der Waals surface area contributed by atoms with Crippen LogP contribution >= 0.6 is 15.9 Å². The Morgan fingerprint density at radius 3 is 2.62 bits per heavy atom. The van der Waals surface area contributed by atoms with Crippen molar-refractivity contribution in [1.29, 1.82) is 0 Å². The lowest BCUT2D eigenvalue weighted by atomic mass is 10.1. The Morgan fingerprint density at radius 2 is 2.00 bits per heavy atom. The van der Waals surface area contributed by atoms with Crippen molar-refractivity contribution in [2.24, 2.45) is 5.92 Å². The summed E-state index contributed by atoms with van der Waals surface area (Å²) in [5, 5.41) is 3.45. The van der Waals surface area contributed by atoms with Crippen molar-refractivity contribution in [1.82, 2.24) is 5.32 Å². The molecule has 1 unspecified atom stereocenters. The molecule has 0 heterocycles. The lowest BCUT2D eigenvalue weighted by Crippen LogP contribution is -2.19. The summed E-state index contributed by atoms with van der Waals surface area (Å²) in [6, 6.07) is 6.45. The van der Waals surface area contributed by atoms with E-state index in [4.69, 9.17) is 9.47 Å². The highest BCUT2D eigenvalue weighted by atomic mass is 79.9. The molecule has 1 atom stereocenters. The van der Waals surface area contributed by atoms with E-state index in [1.807, 2.05) is 13.8 Å². The maximum atomic E-state index is 5.79. The number of benzene rings is 1. The molecular weight excluding hydrogens is 330 g/mol. The fourth-order valence-electron chi connectivity index (χ4n) is 1.89. The largest absolute Gasteiger partial charge is 0.379 e. The monoisotopic (exact) mass is 357 g/mol. The van der Waals surface area contributed by atoms with Crippen molar-refractivity contribution < 1.29 is 9.47 Å². The van der Waals surface area contributed by atoms with Crippen LogP contribution in [0.2, 0.25) is 0 Å². The summed E-state index contributed by atoms with van der Waals surface area (Å²) in [6.07, 6.45) is 0.115. The van der Waals surface area contributed by atoms with E-state index in [1.165, 1.54) is 11.1 Å². The van der Waals surface area contributed by atoms with E-state index in [0.717, 1.165) is 24.2 Å². The van der Waals surface area contributed by atoms with Gasteiger partial charge in [0.05, 0.1) is 19.3 Å². The molecule has 0 saturated heterocycles. The van der Waals surface area contributed by atoms with E-state index in [2.05, 4.69) is 53.3 Å². The summed E-state index contributed by atoms with van der Waals surface area (Å²) in [6.45, 7) is 12.4. The quantitative estimate of drug-likeness (QED) is 0.682. The first kappa shape index (κ1) is 18.6. The Hall–Kier alpha value is -0.420. The van der Waals surface area contributed by atoms with Gasteiger partial charge in [-0.15, -0.1) is 0 Å². The van der Waals surface area contributed by atoms with E-state index in [1.54, 1.807) is 0 Å². The van der Waals surface area contributed by atoms with E-state index in [0.29, 0.717) is 19.1 Å². The van der Waals surface area contributed by atoms with Gasteiger partial charge in [-0.3, -0.25) is 0 Å². The Balaban J connectivity index is 2.42. The topological polar surface area (TPSA) is 30.5 Å². The standard InChI is InChI=1S/C17H28BrNO2/c1-5-20-11-14(4)21-12-16-7-6-15(8-17(16)18)10-19-9-13(2)3/h6-8,13-14,19H,5,9-12H2,1-4H3. The zero-order valence-electron chi connectivity index (χ0n) is 13.6. The van der Waals surface area contributed by atoms with Crippen molar-refractivity contribution in [2.75, 3.05) is 19.8 Å². The van der Waals surface area contributed by atoms with Gasteiger partial charge in [0, 0.05) is 17.6 Å². The van der Waals surface area contributed by atoms with Gasteiger partial charge < -0.3 is 14.8 Å². The smallest absolute Gasteiger partial charge is 0.0785 e. The van der Waals surface area contributed by atoms with E-state index in [-0.39, 0.29) is 6.10 Å². The van der Waals surface area contributed by atoms with Gasteiger partial charge in [-0.1, -0.05) is 41.9 Å². The molecule has 1 rings (SSSR count). The normalized spacial score (nSPS) is 12.9. The van der Waals surface area contributed by atoms with Crippen LogP contribution in [0.15, 0.2) is 22.7 Å². The molecular formula is C17H28BrNO2. The van der Waals surface area contributed by atoms with Crippen LogP contribution in [0.1, 0.15) is 38.8 Å². The predicted octanol–water partition coefficient (Wildman–Crippen LogP) is 4.14. The summed E-state index contributed by atoms with van der Waals surface area (Å²) < 4.78 is 12.3. The lowest BCUT2D eigenvalue weighted by Gasteiger charge is -2.14. The molecule has 1 aromatic rings. The second-order valence-corrected chi connectivity index (χ2v) is 6.59. The van der Waals surface area contributed by atoms with Gasteiger partial charge >= 0.3 is 0 Å². The minimum absolute atomic E-state index is 0.115. The van der Waals surface area contributed by atoms with E-state index < -0.39 is 0 Å². The third kappa shape index (κ3) is 7.96. The van der Waals surface area contributed by atoms with Crippen LogP contribution in [-0.4, -0.2) is 25.9 Å². The second-order valence-electron chi connectivity index (χ2n) is 5.73. The number of nitrogens with one attached hydrogen (secondary N) is 1. The number of rotatable bonds is 10. The Labute approximate surface area is 137 Å². The summed E-state index contributed by atoms with van der Waals surface area (Å²) in [5.41, 5.74) is 2.46. The van der Waals surface area contributed by atoms with Gasteiger partial charge in [0.15, 0.2) is 0 Å². The molecule has 0 aliphatic rings. The molecule has 1 N–H and O–H groups in total. The molecule has 0 bridgehead atoms. The van der Waals surface area contributed by atoms with Gasteiger partial charge in [0.1, 0.15) is 0 Å². The minimum Gasteiger partial charge on any atom is -0.379 e. The summed E-state index contributed by atoms with van der Waals surface area (Å²) in [7, 11) is 0. The highest BCUT2D eigenvalue weighted by Gasteiger charge is 2.06. The summed E-state index contributed by atoms with van der Waals surface area (Å²) >= 11 is 3.63. The highest BCUT2D eigenvalue weighted by Crippen LogP contribution is 2.20. The molecule has 0 amide bonds. The average Bonchev–Trinajstić information content (AvgIpc) is 2.43. The fourth-order valence-corrected chi connectivity index (χ4v) is 2.43. The van der Waals surface area contributed by atoms with Crippen molar-refractivity contribution >= 4 is 15.9 Å². The first-order valence-electron chi connectivity index (χ1n) is 7.70. The predicted molar refractivity (Wildman–Crippen MR) is 91.4 cm³/mol. The van der Waals surface area contributed by atoms with Crippen LogP contribution in [-0.2, 0) is 22.6 Å². The first-order valence-corrected chi connectivity index (χ1v) is 8.49. The molecule has 0 aliphatic carbocycles. The van der Waals surface area contributed by atoms with Crippen LogP contribution in [0.3, 0.4) is 0 Å². The van der Waals surface area contributed by atoms with Crippen LogP contribution in [0.25, 0.3) is 0 Å². The molecule has 0 radical (unpaired) electrons. The third-order valence-corrected chi connectivity index (χ3v) is 3.82. The zero-order chi connectivity index (χ0) is 15.7. The van der Waals surface area contributed by atoms with Crippen molar-refractivity contribution in [3.63, 3.8) is 0 Å². The molecule has 0 saturated carbocycles. The molecule has 21 heavy (non-hydrogen) atoms. The van der Waals surface area contributed by atoms with Gasteiger partial charge in [0.25, 0.3) is 0 Å². The summed E-state index contributed by atoms with van der Waals surface area (Å²) in [5.74, 6) is 0.674. The maximum absolute atomic E-state index is 5.79. The van der Waals surface area contributed by atoms with Gasteiger partial charge in [-0.2, -0.15) is 0 Å². The number of hydrogen-bond acceptors (Lipinski definition) is 3. The number of halogens is 1. The van der Waals surface area contributed by atoms with Crippen LogP contribution < -0.4 is 5.32 Å². The summed E-state index contributed by atoms with van der Waals surface area (Å²) in [4.78, 5) is 0. The number of hydrogen-bond donors (Lipinski definition) is 1. The fraction of sp³-hybridized carbons (Fsp3) is 0.647. The van der Waals surface area contributed by atoms with Gasteiger partial charge in [0.2, 0.25) is 0 Å². The molecule has 3 nitrogen and oxygen atoms in total. The Bertz CT molecular complexity index is 410. The van der Waals surface area contributed by atoms with Crippen molar-refractivity contribution in [3.8, 4) is 0 Å². The van der Waals surface area contributed by atoms with E-state index in [9.17, 15) is 0 Å². The molecule has 0 aromatic heterocycles. The van der Waals surface area contributed by atoms with Crippen LogP contribution in [0.5, 0.6) is 0 Å². The molecule has 0 spiro atoms. The zero-order valence-corrected chi connectivity index (χ0v) is 15.2. The molecule has 4 heteroatoms. The van der Waals surface area contributed by atoms with E-state index >= 15 is 0 Å². The van der Waals surface area contributed by atoms with Crippen LogP contribution in [0.4, 0.5) is 0 Å². The SMILES string of the molecule is CCOCC(C)OCc1ccc(CNCC(C)C)cc1Br. The lowest BCUT2D eigenvalue weighted by molar-refractivity contribution is -0.0118.